The number of allylic oxidation sites excluding steroid dienone is 1. The van der Waals surface area contributed by atoms with Gasteiger partial charge in [0.05, 0.1) is 5.92 Å². The van der Waals surface area contributed by atoms with Crippen molar-refractivity contribution in [3.05, 3.63) is 12.2 Å². The fraction of sp³-hybridized carbons (Fsp3) is 0.667. The Morgan fingerprint density at radius 1 is 1.83 bits per heavy atom. The van der Waals surface area contributed by atoms with Crippen LogP contribution in [0, 0.1) is 5.92 Å². The second kappa shape index (κ2) is 3.72. The molecule has 1 fully saturated rings. The summed E-state index contributed by atoms with van der Waals surface area (Å²) in [6, 6.07) is 0. The van der Waals surface area contributed by atoms with E-state index in [1.807, 2.05) is 6.92 Å². The van der Waals surface area contributed by atoms with E-state index in [1.165, 1.54) is 0 Å². The molecule has 1 rings (SSSR count). The van der Waals surface area contributed by atoms with Gasteiger partial charge in [0.25, 0.3) is 0 Å². The maximum absolute atomic E-state index is 11.0. The Labute approximate surface area is 72.0 Å². The number of rotatable bonds is 3. The van der Waals surface area contributed by atoms with E-state index in [-0.39, 0.29) is 18.5 Å². The van der Waals surface area contributed by atoms with Gasteiger partial charge in [-0.1, -0.05) is 5.57 Å². The summed E-state index contributed by atoms with van der Waals surface area (Å²) < 4.78 is 4.69. The van der Waals surface area contributed by atoms with Crippen molar-refractivity contribution >= 4 is 5.97 Å². The SMILES string of the molecule is C=C(C)CC[C@H]1C(=O)OC[C@@H]1O. The third kappa shape index (κ3) is 2.08. The third-order valence-corrected chi connectivity index (χ3v) is 2.05. The number of aliphatic hydroxyl groups is 1. The molecule has 3 nitrogen and oxygen atoms in total. The Hall–Kier alpha value is -0.830. The highest BCUT2D eigenvalue weighted by molar-refractivity contribution is 5.75. The molecule has 1 heterocycles. The molecule has 1 N–H and O–H groups in total. The Morgan fingerprint density at radius 2 is 2.50 bits per heavy atom. The molecule has 1 aliphatic heterocycles. The molecule has 2 atom stereocenters. The molecule has 0 aliphatic carbocycles. The van der Waals surface area contributed by atoms with Gasteiger partial charge in [-0.25, -0.2) is 0 Å². The molecule has 0 aromatic rings. The topological polar surface area (TPSA) is 46.5 Å². The van der Waals surface area contributed by atoms with Crippen LogP contribution in [0.15, 0.2) is 12.2 Å². The zero-order valence-corrected chi connectivity index (χ0v) is 7.25. The number of cyclic esters (lactones) is 1. The van der Waals surface area contributed by atoms with E-state index in [0.29, 0.717) is 6.42 Å². The quantitative estimate of drug-likeness (QED) is 0.505. The van der Waals surface area contributed by atoms with Gasteiger partial charge in [-0.15, -0.1) is 6.58 Å². The minimum absolute atomic E-state index is 0.152. The van der Waals surface area contributed by atoms with Gasteiger partial charge in [-0.3, -0.25) is 4.79 Å². The summed E-state index contributed by atoms with van der Waals surface area (Å²) in [5, 5.41) is 9.30. The van der Waals surface area contributed by atoms with Crippen LogP contribution in [0.2, 0.25) is 0 Å². The van der Waals surface area contributed by atoms with Crippen LogP contribution in [-0.2, 0) is 9.53 Å². The van der Waals surface area contributed by atoms with Gasteiger partial charge >= 0.3 is 5.97 Å². The molecule has 12 heavy (non-hydrogen) atoms. The number of hydrogen-bond acceptors (Lipinski definition) is 3. The van der Waals surface area contributed by atoms with E-state index < -0.39 is 6.10 Å². The van der Waals surface area contributed by atoms with Gasteiger partial charge in [0, 0.05) is 0 Å². The molecule has 68 valence electrons. The van der Waals surface area contributed by atoms with Crippen molar-refractivity contribution in [3.63, 3.8) is 0 Å². The Balaban J connectivity index is 2.39. The van der Waals surface area contributed by atoms with Crippen molar-refractivity contribution in [2.75, 3.05) is 6.61 Å². The van der Waals surface area contributed by atoms with Crippen molar-refractivity contribution in [2.45, 2.75) is 25.9 Å². The van der Waals surface area contributed by atoms with Crippen LogP contribution >= 0.6 is 0 Å². The highest BCUT2D eigenvalue weighted by Gasteiger charge is 2.34. The molecule has 1 aliphatic rings. The Bertz CT molecular complexity index is 198. The summed E-state index contributed by atoms with van der Waals surface area (Å²) in [6.45, 7) is 5.79. The number of aliphatic hydroxyl groups excluding tert-OH is 1. The van der Waals surface area contributed by atoms with Crippen LogP contribution < -0.4 is 0 Å². The second-order valence-electron chi connectivity index (χ2n) is 3.30. The molecule has 0 spiro atoms. The van der Waals surface area contributed by atoms with E-state index >= 15 is 0 Å². The summed E-state index contributed by atoms with van der Waals surface area (Å²) in [5.41, 5.74) is 1.03. The molecular formula is C9H14O3. The van der Waals surface area contributed by atoms with Crippen molar-refractivity contribution in [2.24, 2.45) is 5.92 Å². The van der Waals surface area contributed by atoms with Crippen molar-refractivity contribution in [3.8, 4) is 0 Å². The highest BCUT2D eigenvalue weighted by atomic mass is 16.6. The van der Waals surface area contributed by atoms with Crippen molar-refractivity contribution < 1.29 is 14.6 Å². The molecule has 0 aromatic carbocycles. The van der Waals surface area contributed by atoms with Crippen molar-refractivity contribution in [1.82, 2.24) is 0 Å². The van der Waals surface area contributed by atoms with Crippen LogP contribution in [0.4, 0.5) is 0 Å². The summed E-state index contributed by atoms with van der Waals surface area (Å²) >= 11 is 0. The van der Waals surface area contributed by atoms with Crippen molar-refractivity contribution in [1.29, 1.82) is 0 Å². The summed E-state index contributed by atoms with van der Waals surface area (Å²) in [5.74, 6) is -0.606. The largest absolute Gasteiger partial charge is 0.463 e. The standard InChI is InChI=1S/C9H14O3/c1-6(2)3-4-7-8(10)5-12-9(7)11/h7-8,10H,1,3-5H2,2H3/t7-,8+/m1/s1. The van der Waals surface area contributed by atoms with Crippen LogP contribution in [0.1, 0.15) is 19.8 Å². The average molecular weight is 170 g/mol. The summed E-state index contributed by atoms with van der Waals surface area (Å²) in [4.78, 5) is 11.0. The number of hydrogen-bond donors (Lipinski definition) is 1. The molecule has 1 saturated heterocycles. The lowest BCUT2D eigenvalue weighted by Crippen LogP contribution is -2.20. The molecule has 0 amide bonds. The van der Waals surface area contributed by atoms with Gasteiger partial charge in [0.15, 0.2) is 0 Å². The zero-order chi connectivity index (χ0) is 9.14. The molecule has 3 heteroatoms. The van der Waals surface area contributed by atoms with E-state index in [4.69, 9.17) is 4.74 Å². The summed E-state index contributed by atoms with van der Waals surface area (Å²) in [7, 11) is 0. The predicted molar refractivity (Wildman–Crippen MR) is 44.5 cm³/mol. The van der Waals surface area contributed by atoms with Gasteiger partial charge in [0.1, 0.15) is 12.7 Å². The maximum Gasteiger partial charge on any atom is 0.311 e. The van der Waals surface area contributed by atoms with Crippen LogP contribution in [0.5, 0.6) is 0 Å². The first-order chi connectivity index (χ1) is 5.61. The van der Waals surface area contributed by atoms with Gasteiger partial charge < -0.3 is 9.84 Å². The van der Waals surface area contributed by atoms with Gasteiger partial charge in [-0.2, -0.15) is 0 Å². The van der Waals surface area contributed by atoms with E-state index in [9.17, 15) is 9.90 Å². The Kier molecular flexibility index (Phi) is 2.87. The van der Waals surface area contributed by atoms with Gasteiger partial charge in [0.2, 0.25) is 0 Å². The molecule has 0 radical (unpaired) electrons. The van der Waals surface area contributed by atoms with E-state index in [1.54, 1.807) is 0 Å². The fourth-order valence-electron chi connectivity index (χ4n) is 1.26. The Morgan fingerprint density at radius 3 is 2.92 bits per heavy atom. The molecule has 0 aromatic heterocycles. The number of ether oxygens (including phenoxy) is 1. The van der Waals surface area contributed by atoms with E-state index in [0.717, 1.165) is 12.0 Å². The molecule has 0 unspecified atom stereocenters. The van der Waals surface area contributed by atoms with Crippen LogP contribution in [0.25, 0.3) is 0 Å². The number of esters is 1. The van der Waals surface area contributed by atoms with E-state index in [2.05, 4.69) is 6.58 Å². The minimum Gasteiger partial charge on any atom is -0.463 e. The highest BCUT2D eigenvalue weighted by Crippen LogP contribution is 2.21. The number of carbonyl (C=O) groups excluding carboxylic acids is 1. The molecule has 0 bridgehead atoms. The molecular weight excluding hydrogens is 156 g/mol. The van der Waals surface area contributed by atoms with Crippen LogP contribution in [-0.4, -0.2) is 23.8 Å². The first kappa shape index (κ1) is 9.26. The smallest absolute Gasteiger partial charge is 0.311 e. The zero-order valence-electron chi connectivity index (χ0n) is 7.25. The second-order valence-corrected chi connectivity index (χ2v) is 3.30. The predicted octanol–water partition coefficient (Wildman–Crippen LogP) is 0.877. The maximum atomic E-state index is 11.0. The first-order valence-electron chi connectivity index (χ1n) is 4.10. The van der Waals surface area contributed by atoms with Gasteiger partial charge in [-0.05, 0) is 19.8 Å². The minimum atomic E-state index is -0.614. The third-order valence-electron chi connectivity index (χ3n) is 2.05. The lowest BCUT2D eigenvalue weighted by Gasteiger charge is -2.08. The average Bonchev–Trinajstić information content (AvgIpc) is 2.28. The first-order valence-corrected chi connectivity index (χ1v) is 4.10. The normalized spacial score (nSPS) is 28.7. The lowest BCUT2D eigenvalue weighted by molar-refractivity contribution is -0.141. The number of carbonyl (C=O) groups is 1. The summed E-state index contributed by atoms with van der Waals surface area (Å²) in [6.07, 6.45) is 0.809. The fourth-order valence-corrected chi connectivity index (χ4v) is 1.26. The van der Waals surface area contributed by atoms with Crippen LogP contribution in [0.3, 0.4) is 0 Å². The monoisotopic (exact) mass is 170 g/mol. The molecule has 0 saturated carbocycles. The lowest BCUT2D eigenvalue weighted by atomic mass is 9.97.